The van der Waals surface area contributed by atoms with Crippen molar-refractivity contribution in [2.24, 2.45) is 0 Å². The molecule has 1 aliphatic heterocycles. The maximum atomic E-state index is 4.68. The van der Waals surface area contributed by atoms with Crippen molar-refractivity contribution in [2.45, 2.75) is 19.3 Å². The van der Waals surface area contributed by atoms with E-state index < -0.39 is 0 Å². The predicted molar refractivity (Wildman–Crippen MR) is 108 cm³/mol. The molecule has 1 aliphatic rings. The molecule has 4 heteroatoms. The number of nitrogens with one attached hydrogen (secondary N) is 1. The lowest BCUT2D eigenvalue weighted by Gasteiger charge is -2.32. The summed E-state index contributed by atoms with van der Waals surface area (Å²) in [4.78, 5) is 13.1. The second kappa shape index (κ2) is 8.02. The summed E-state index contributed by atoms with van der Waals surface area (Å²) in [6.07, 6.45) is 3.71. The highest BCUT2D eigenvalue weighted by Gasteiger charge is 2.12. The highest BCUT2D eigenvalue weighted by Crippen LogP contribution is 2.21. The van der Waals surface area contributed by atoms with Gasteiger partial charge in [0.2, 0.25) is 0 Å². The van der Waals surface area contributed by atoms with Gasteiger partial charge in [-0.25, -0.2) is 4.98 Å². The number of para-hydroxylation sites is 2. The Morgan fingerprint density at radius 2 is 1.69 bits per heavy atom. The lowest BCUT2D eigenvalue weighted by molar-refractivity contribution is 0.152. The van der Waals surface area contributed by atoms with Gasteiger partial charge in [0.15, 0.2) is 0 Å². The molecule has 0 bridgehead atoms. The molecule has 26 heavy (non-hydrogen) atoms. The van der Waals surface area contributed by atoms with Crippen molar-refractivity contribution in [1.82, 2.24) is 19.8 Å². The van der Waals surface area contributed by atoms with Crippen LogP contribution in [0.4, 0.5) is 0 Å². The molecule has 0 spiro atoms. The van der Waals surface area contributed by atoms with Crippen molar-refractivity contribution in [3.63, 3.8) is 0 Å². The summed E-state index contributed by atoms with van der Waals surface area (Å²) < 4.78 is 0. The van der Waals surface area contributed by atoms with Crippen LogP contribution < -0.4 is 0 Å². The van der Waals surface area contributed by atoms with E-state index in [1.165, 1.54) is 51.1 Å². The van der Waals surface area contributed by atoms with Crippen LogP contribution in [-0.2, 0) is 6.42 Å². The van der Waals surface area contributed by atoms with Gasteiger partial charge in [-0.3, -0.25) is 0 Å². The van der Waals surface area contributed by atoms with Crippen molar-refractivity contribution in [1.29, 1.82) is 0 Å². The zero-order valence-corrected chi connectivity index (χ0v) is 15.6. The van der Waals surface area contributed by atoms with Crippen molar-refractivity contribution in [3.8, 4) is 11.4 Å². The minimum Gasteiger partial charge on any atom is -0.338 e. The van der Waals surface area contributed by atoms with Crippen LogP contribution in [0.15, 0.2) is 48.5 Å². The van der Waals surface area contributed by atoms with Crippen LogP contribution in [-0.4, -0.2) is 59.5 Å². The summed E-state index contributed by atoms with van der Waals surface area (Å²) in [6, 6.07) is 17.1. The molecule has 0 atom stereocenters. The highest BCUT2D eigenvalue weighted by atomic mass is 15.2. The lowest BCUT2D eigenvalue weighted by Crippen LogP contribution is -2.44. The van der Waals surface area contributed by atoms with E-state index in [1.807, 2.05) is 18.2 Å². The maximum Gasteiger partial charge on any atom is 0.138 e. The molecule has 0 saturated carbocycles. The molecule has 3 aromatic rings. The lowest BCUT2D eigenvalue weighted by atomic mass is 10.1. The Bertz CT molecular complexity index is 796. The summed E-state index contributed by atoms with van der Waals surface area (Å²) in [7, 11) is 2.21. The van der Waals surface area contributed by atoms with Crippen LogP contribution in [0.2, 0.25) is 0 Å². The molecule has 0 unspecified atom stereocenters. The molecule has 2 aromatic carbocycles. The van der Waals surface area contributed by atoms with E-state index in [4.69, 9.17) is 0 Å². The maximum absolute atomic E-state index is 4.68. The molecule has 0 radical (unpaired) electrons. The van der Waals surface area contributed by atoms with E-state index in [9.17, 15) is 0 Å². The average molecular weight is 348 g/mol. The number of aromatic nitrogens is 2. The molecule has 1 saturated heterocycles. The van der Waals surface area contributed by atoms with Crippen molar-refractivity contribution in [3.05, 3.63) is 54.1 Å². The summed E-state index contributed by atoms with van der Waals surface area (Å²) in [5.74, 6) is 0.952. The van der Waals surface area contributed by atoms with Crippen LogP contribution in [0, 0.1) is 0 Å². The minimum atomic E-state index is 0.952. The molecule has 4 rings (SSSR count). The second-order valence-corrected chi connectivity index (χ2v) is 7.40. The van der Waals surface area contributed by atoms with E-state index in [0.29, 0.717) is 0 Å². The fourth-order valence-electron chi connectivity index (χ4n) is 3.65. The summed E-state index contributed by atoms with van der Waals surface area (Å²) in [5, 5.41) is 0. The molecule has 4 nitrogen and oxygen atoms in total. The Hall–Kier alpha value is -2.17. The van der Waals surface area contributed by atoms with Gasteiger partial charge in [-0.15, -0.1) is 0 Å². The summed E-state index contributed by atoms with van der Waals surface area (Å²) in [6.45, 7) is 6.11. The molecule has 2 heterocycles. The fraction of sp³-hybridized carbons (Fsp3) is 0.409. The second-order valence-electron chi connectivity index (χ2n) is 7.40. The highest BCUT2D eigenvalue weighted by molar-refractivity contribution is 5.79. The molecule has 136 valence electrons. The Labute approximate surface area is 155 Å². The number of H-pyrrole nitrogens is 1. The van der Waals surface area contributed by atoms with E-state index in [0.717, 1.165) is 28.8 Å². The third-order valence-electron chi connectivity index (χ3n) is 5.40. The first kappa shape index (κ1) is 17.3. The average Bonchev–Trinajstić information content (AvgIpc) is 3.11. The largest absolute Gasteiger partial charge is 0.338 e. The van der Waals surface area contributed by atoms with E-state index in [-0.39, 0.29) is 0 Å². The van der Waals surface area contributed by atoms with E-state index in [1.54, 1.807) is 0 Å². The van der Waals surface area contributed by atoms with Crippen molar-refractivity contribution < 1.29 is 0 Å². The molecule has 1 N–H and O–H groups in total. The number of hydrogen-bond donors (Lipinski definition) is 1. The number of imidazole rings is 1. The van der Waals surface area contributed by atoms with Crippen LogP contribution in [0.5, 0.6) is 0 Å². The van der Waals surface area contributed by atoms with Crippen LogP contribution in [0.25, 0.3) is 22.4 Å². The number of benzene rings is 2. The van der Waals surface area contributed by atoms with Gasteiger partial charge in [0.05, 0.1) is 11.0 Å². The van der Waals surface area contributed by atoms with Gasteiger partial charge in [0, 0.05) is 31.7 Å². The Kier molecular flexibility index (Phi) is 5.32. The van der Waals surface area contributed by atoms with E-state index >= 15 is 0 Å². The monoisotopic (exact) mass is 348 g/mol. The van der Waals surface area contributed by atoms with Gasteiger partial charge in [-0.2, -0.15) is 0 Å². The molecular weight excluding hydrogens is 320 g/mol. The zero-order valence-electron chi connectivity index (χ0n) is 15.6. The first-order valence-corrected chi connectivity index (χ1v) is 9.73. The van der Waals surface area contributed by atoms with E-state index in [2.05, 4.69) is 57.1 Å². The van der Waals surface area contributed by atoms with Crippen molar-refractivity contribution >= 4 is 11.0 Å². The molecule has 1 fully saturated rings. The summed E-state index contributed by atoms with van der Waals surface area (Å²) >= 11 is 0. The number of unbranched alkanes of at least 4 members (excludes halogenated alkanes) is 1. The number of nitrogens with zero attached hydrogens (tertiary/aromatic N) is 3. The fourth-order valence-corrected chi connectivity index (χ4v) is 3.65. The number of hydrogen-bond acceptors (Lipinski definition) is 3. The number of piperazine rings is 1. The minimum absolute atomic E-state index is 0.952. The SMILES string of the molecule is CN1CCN(CCCCc2ccc(-c3nc4ccccc4[nH]3)cc2)CC1. The topological polar surface area (TPSA) is 35.2 Å². The predicted octanol–water partition coefficient (Wildman–Crippen LogP) is 3.80. The number of fused-ring (bicyclic) bond motifs is 1. The number of rotatable bonds is 6. The number of aryl methyl sites for hydroxylation is 1. The first-order chi connectivity index (χ1) is 12.8. The van der Waals surface area contributed by atoms with Gasteiger partial charge in [0.25, 0.3) is 0 Å². The van der Waals surface area contributed by atoms with Gasteiger partial charge in [-0.1, -0.05) is 36.4 Å². The summed E-state index contributed by atoms with van der Waals surface area (Å²) in [5.41, 5.74) is 4.69. The van der Waals surface area contributed by atoms with Crippen LogP contribution >= 0.6 is 0 Å². The number of likely N-dealkylation sites (N-methyl/N-ethyl adjacent to an activating group) is 1. The third kappa shape index (κ3) is 4.14. The van der Waals surface area contributed by atoms with Crippen LogP contribution in [0.1, 0.15) is 18.4 Å². The quantitative estimate of drug-likeness (QED) is 0.688. The Morgan fingerprint density at radius 1 is 0.923 bits per heavy atom. The normalized spacial score (nSPS) is 16.3. The molecule has 0 aliphatic carbocycles. The van der Waals surface area contributed by atoms with Gasteiger partial charge >= 0.3 is 0 Å². The first-order valence-electron chi connectivity index (χ1n) is 9.73. The Balaban J connectivity index is 1.28. The zero-order chi connectivity index (χ0) is 17.8. The Morgan fingerprint density at radius 3 is 2.46 bits per heavy atom. The molecule has 1 aromatic heterocycles. The third-order valence-corrected chi connectivity index (χ3v) is 5.40. The molecule has 0 amide bonds. The van der Waals surface area contributed by atoms with Crippen molar-refractivity contribution in [2.75, 3.05) is 39.8 Å². The van der Waals surface area contributed by atoms with Gasteiger partial charge in [-0.05, 0) is 50.6 Å². The van der Waals surface area contributed by atoms with Gasteiger partial charge in [0.1, 0.15) is 5.82 Å². The smallest absolute Gasteiger partial charge is 0.138 e. The van der Waals surface area contributed by atoms with Crippen LogP contribution in [0.3, 0.4) is 0 Å². The molecular formula is C22H28N4. The van der Waals surface area contributed by atoms with Gasteiger partial charge < -0.3 is 14.8 Å². The standard InChI is InChI=1S/C22H28N4/c1-25-14-16-26(17-15-25)13-5-4-6-18-9-11-19(12-10-18)22-23-20-7-2-3-8-21(20)24-22/h2-3,7-12H,4-6,13-17H2,1H3,(H,23,24). The number of aromatic amines is 1.